The highest BCUT2D eigenvalue weighted by atomic mass is 28.3. The van der Waals surface area contributed by atoms with Crippen LogP contribution in [0.2, 0.25) is 13.1 Å². The van der Waals surface area contributed by atoms with Crippen molar-refractivity contribution in [3.05, 3.63) is 47.3 Å². The van der Waals surface area contributed by atoms with Crippen molar-refractivity contribution in [3.63, 3.8) is 0 Å². The van der Waals surface area contributed by atoms with Crippen molar-refractivity contribution < 1.29 is 9.53 Å². The van der Waals surface area contributed by atoms with E-state index in [2.05, 4.69) is 49.2 Å². The third kappa shape index (κ3) is 4.20. The molecule has 0 aromatic heterocycles. The molecule has 1 aliphatic carbocycles. The maximum Gasteiger partial charge on any atom is 0.310 e. The van der Waals surface area contributed by atoms with Crippen molar-refractivity contribution in [3.8, 4) is 0 Å². The normalized spacial score (nSPS) is 14.2. The number of hydrogen-bond donors (Lipinski definition) is 0. The second-order valence-corrected chi connectivity index (χ2v) is 10.4. The predicted octanol–water partition coefficient (Wildman–Crippen LogP) is 3.59. The molecular weight excluding hydrogens is 276 g/mol. The van der Waals surface area contributed by atoms with Gasteiger partial charge in [-0.1, -0.05) is 48.6 Å². The van der Waals surface area contributed by atoms with Gasteiger partial charge in [-0.15, -0.1) is 5.73 Å². The number of carbonyl (C=O) groups excluding carboxylic acids is 1. The molecule has 1 aromatic carbocycles. The Hall–Kier alpha value is -1.57. The SMILES string of the molecule is CCOC(=O)CC=C=C(C1CC1)[Si](C)(C)c1ccccc1. The minimum Gasteiger partial charge on any atom is -0.466 e. The summed E-state index contributed by atoms with van der Waals surface area (Å²) in [5, 5.41) is 2.88. The van der Waals surface area contributed by atoms with Gasteiger partial charge < -0.3 is 4.74 Å². The molecule has 2 nitrogen and oxygen atoms in total. The van der Waals surface area contributed by atoms with E-state index >= 15 is 0 Å². The topological polar surface area (TPSA) is 26.3 Å². The molecule has 0 atom stereocenters. The van der Waals surface area contributed by atoms with Crippen molar-refractivity contribution in [2.24, 2.45) is 5.92 Å². The highest BCUT2D eigenvalue weighted by Crippen LogP contribution is 2.40. The minimum absolute atomic E-state index is 0.167. The summed E-state index contributed by atoms with van der Waals surface area (Å²) in [6.07, 6.45) is 4.71. The van der Waals surface area contributed by atoms with Crippen LogP contribution in [-0.2, 0) is 9.53 Å². The molecule has 0 heterocycles. The fourth-order valence-electron chi connectivity index (χ4n) is 2.66. The predicted molar refractivity (Wildman–Crippen MR) is 89.1 cm³/mol. The van der Waals surface area contributed by atoms with Crippen LogP contribution in [0.15, 0.2) is 47.3 Å². The summed E-state index contributed by atoms with van der Waals surface area (Å²) in [7, 11) is -1.68. The summed E-state index contributed by atoms with van der Waals surface area (Å²) >= 11 is 0. The Bertz CT molecular complexity index is 550. The van der Waals surface area contributed by atoms with E-state index in [0.717, 1.165) is 0 Å². The molecule has 0 unspecified atom stereocenters. The van der Waals surface area contributed by atoms with Crippen LogP contribution < -0.4 is 5.19 Å². The van der Waals surface area contributed by atoms with Crippen LogP contribution in [0.1, 0.15) is 26.2 Å². The van der Waals surface area contributed by atoms with Crippen LogP contribution in [0, 0.1) is 5.92 Å². The molecule has 0 amide bonds. The summed E-state index contributed by atoms with van der Waals surface area (Å²) in [4.78, 5) is 11.4. The molecule has 3 heteroatoms. The van der Waals surface area contributed by atoms with Crippen molar-refractivity contribution in [1.82, 2.24) is 0 Å². The van der Waals surface area contributed by atoms with E-state index in [1.165, 1.54) is 23.2 Å². The second-order valence-electron chi connectivity index (χ2n) is 6.04. The number of rotatable bonds is 6. The summed E-state index contributed by atoms with van der Waals surface area (Å²) < 4.78 is 4.96. The number of benzene rings is 1. The largest absolute Gasteiger partial charge is 0.466 e. The molecule has 0 aliphatic heterocycles. The Morgan fingerprint density at radius 3 is 2.57 bits per heavy atom. The van der Waals surface area contributed by atoms with Crippen molar-refractivity contribution in [2.75, 3.05) is 6.61 Å². The average molecular weight is 300 g/mol. The third-order valence-electron chi connectivity index (χ3n) is 3.99. The van der Waals surface area contributed by atoms with Crippen LogP contribution in [0.3, 0.4) is 0 Å². The lowest BCUT2D eigenvalue weighted by Crippen LogP contribution is -2.44. The first kappa shape index (κ1) is 15.8. The van der Waals surface area contributed by atoms with E-state index in [4.69, 9.17) is 4.74 Å². The van der Waals surface area contributed by atoms with Gasteiger partial charge in [-0.2, -0.15) is 0 Å². The number of esters is 1. The molecule has 0 spiro atoms. The molecule has 0 N–H and O–H groups in total. The zero-order valence-electron chi connectivity index (χ0n) is 13.2. The Morgan fingerprint density at radius 2 is 2.00 bits per heavy atom. The Balaban J connectivity index is 2.22. The van der Waals surface area contributed by atoms with Crippen LogP contribution in [0.25, 0.3) is 0 Å². The maximum absolute atomic E-state index is 11.4. The zero-order chi connectivity index (χ0) is 15.3. The zero-order valence-corrected chi connectivity index (χ0v) is 14.2. The highest BCUT2D eigenvalue weighted by Gasteiger charge is 2.38. The van der Waals surface area contributed by atoms with Gasteiger partial charge in [0.2, 0.25) is 0 Å². The monoisotopic (exact) mass is 300 g/mol. The lowest BCUT2D eigenvalue weighted by Gasteiger charge is -2.25. The molecular formula is C18H24O2Si. The van der Waals surface area contributed by atoms with Gasteiger partial charge >= 0.3 is 5.97 Å². The maximum atomic E-state index is 11.4. The highest BCUT2D eigenvalue weighted by molar-refractivity contribution is 6.95. The van der Waals surface area contributed by atoms with E-state index in [9.17, 15) is 4.79 Å². The fraction of sp³-hybridized carbons (Fsp3) is 0.444. The number of hydrogen-bond acceptors (Lipinski definition) is 2. The van der Waals surface area contributed by atoms with E-state index in [-0.39, 0.29) is 5.97 Å². The van der Waals surface area contributed by atoms with Gasteiger partial charge in [0, 0.05) is 0 Å². The van der Waals surface area contributed by atoms with Crippen LogP contribution in [0.4, 0.5) is 0 Å². The molecule has 21 heavy (non-hydrogen) atoms. The third-order valence-corrected chi connectivity index (χ3v) is 7.66. The van der Waals surface area contributed by atoms with Gasteiger partial charge in [0.15, 0.2) is 0 Å². The van der Waals surface area contributed by atoms with E-state index < -0.39 is 8.07 Å². The van der Waals surface area contributed by atoms with Crippen LogP contribution in [-0.4, -0.2) is 20.7 Å². The van der Waals surface area contributed by atoms with Crippen molar-refractivity contribution >= 4 is 19.2 Å². The fourth-order valence-corrected chi connectivity index (χ4v) is 5.76. The van der Waals surface area contributed by atoms with Gasteiger partial charge in [0.25, 0.3) is 0 Å². The van der Waals surface area contributed by atoms with E-state index in [1.54, 1.807) is 0 Å². The van der Waals surface area contributed by atoms with Crippen molar-refractivity contribution in [2.45, 2.75) is 39.3 Å². The Labute approximate surface area is 128 Å². The van der Waals surface area contributed by atoms with E-state index in [1.807, 2.05) is 13.0 Å². The van der Waals surface area contributed by atoms with Gasteiger partial charge in [0.1, 0.15) is 8.07 Å². The lowest BCUT2D eigenvalue weighted by molar-refractivity contribution is -0.142. The molecule has 2 rings (SSSR count). The van der Waals surface area contributed by atoms with Gasteiger partial charge in [-0.25, -0.2) is 0 Å². The van der Waals surface area contributed by atoms with Crippen LogP contribution in [0.5, 0.6) is 0 Å². The standard InChI is InChI=1S/C18H24O2Si/c1-4-20-18(19)12-8-11-17(15-13-14-15)21(2,3)16-9-6-5-7-10-16/h5-10,15H,4,12-14H2,1-3H3. The molecule has 112 valence electrons. The van der Waals surface area contributed by atoms with Gasteiger partial charge in [-0.3, -0.25) is 4.79 Å². The molecule has 0 saturated heterocycles. The first-order chi connectivity index (χ1) is 10.1. The van der Waals surface area contributed by atoms with Crippen LogP contribution >= 0.6 is 0 Å². The summed E-state index contributed by atoms with van der Waals surface area (Å²) in [6, 6.07) is 10.7. The molecule has 1 aliphatic rings. The molecule has 1 aromatic rings. The Kier molecular flexibility index (Phi) is 5.21. The van der Waals surface area contributed by atoms with Crippen molar-refractivity contribution in [1.29, 1.82) is 0 Å². The first-order valence-electron chi connectivity index (χ1n) is 7.72. The van der Waals surface area contributed by atoms with Gasteiger partial charge in [0.05, 0.1) is 13.0 Å². The quantitative estimate of drug-likeness (QED) is 0.456. The molecule has 1 fully saturated rings. The number of carbonyl (C=O) groups is 1. The number of ether oxygens (including phenoxy) is 1. The summed E-state index contributed by atoms with van der Waals surface area (Å²) in [6.45, 7) is 7.02. The lowest BCUT2D eigenvalue weighted by atomic mass is 10.3. The summed E-state index contributed by atoms with van der Waals surface area (Å²) in [5.74, 6) is 0.504. The second kappa shape index (κ2) is 6.93. The van der Waals surface area contributed by atoms with E-state index in [0.29, 0.717) is 18.9 Å². The molecule has 0 radical (unpaired) electrons. The molecule has 0 bridgehead atoms. The minimum atomic E-state index is -1.68. The first-order valence-corrected chi connectivity index (χ1v) is 10.7. The summed E-state index contributed by atoms with van der Waals surface area (Å²) in [5.41, 5.74) is 3.46. The smallest absolute Gasteiger partial charge is 0.310 e. The average Bonchev–Trinajstić information content (AvgIpc) is 3.29. The Morgan fingerprint density at radius 1 is 1.33 bits per heavy atom. The van der Waals surface area contributed by atoms with Gasteiger partial charge in [-0.05, 0) is 37.0 Å². The molecule has 1 saturated carbocycles.